The Balaban J connectivity index is 2.08. The molecule has 0 atom stereocenters. The van der Waals surface area contributed by atoms with Gasteiger partial charge in [-0.25, -0.2) is 9.59 Å². The normalized spacial score (nSPS) is 23.2. The maximum atomic E-state index is 11.6. The number of esters is 1. The van der Waals surface area contributed by atoms with E-state index in [1.807, 2.05) is 0 Å². The fourth-order valence-electron chi connectivity index (χ4n) is 1.75. The molecule has 0 bridgehead atoms. The molecule has 1 saturated heterocycles. The van der Waals surface area contributed by atoms with Crippen LogP contribution in [0.2, 0.25) is 0 Å². The first-order valence-electron chi connectivity index (χ1n) is 4.82. The second-order valence-corrected chi connectivity index (χ2v) is 3.52. The van der Waals surface area contributed by atoms with Crippen LogP contribution in [-0.2, 0) is 14.3 Å². The van der Waals surface area contributed by atoms with Crippen LogP contribution in [-0.4, -0.2) is 42.3 Å². The summed E-state index contributed by atoms with van der Waals surface area (Å²) in [6, 6.07) is 0. The Morgan fingerprint density at radius 1 is 1.64 bits per heavy atom. The molecule has 2 fully saturated rings. The number of carbonyl (C=O) groups excluding carboxylic acids is 2. The van der Waals surface area contributed by atoms with Crippen LogP contribution < -0.4 is 0 Å². The minimum Gasteiger partial charge on any atom is -0.464 e. The largest absolute Gasteiger partial charge is 0.464 e. The molecule has 1 amide bonds. The predicted molar refractivity (Wildman–Crippen MR) is 46.7 cm³/mol. The number of hydrogen-bond acceptors (Lipinski definition) is 4. The van der Waals surface area contributed by atoms with Crippen LogP contribution in [0.1, 0.15) is 19.8 Å². The van der Waals surface area contributed by atoms with Gasteiger partial charge in [0.15, 0.2) is 0 Å². The molecule has 78 valence electrons. The monoisotopic (exact) mass is 199 g/mol. The lowest BCUT2D eigenvalue weighted by Crippen LogP contribution is -2.45. The molecule has 0 spiro atoms. The van der Waals surface area contributed by atoms with E-state index in [-0.39, 0.29) is 5.97 Å². The van der Waals surface area contributed by atoms with Crippen LogP contribution in [0.5, 0.6) is 0 Å². The molecule has 14 heavy (non-hydrogen) atoms. The molecule has 5 nitrogen and oxygen atoms in total. The number of rotatable bonds is 3. The highest BCUT2D eigenvalue weighted by Crippen LogP contribution is 2.44. The van der Waals surface area contributed by atoms with Gasteiger partial charge >= 0.3 is 12.1 Å². The number of nitrogens with zero attached hydrogens (tertiary/aromatic N) is 1. The second kappa shape index (κ2) is 3.15. The number of ether oxygens (including phenoxy) is 2. The summed E-state index contributed by atoms with van der Waals surface area (Å²) in [4.78, 5) is 24.3. The SMILES string of the molecule is CCOC(=O)C1(N2CCOC2=O)CC1. The van der Waals surface area contributed by atoms with Gasteiger partial charge in [-0.15, -0.1) is 0 Å². The fraction of sp³-hybridized carbons (Fsp3) is 0.778. The van der Waals surface area contributed by atoms with E-state index in [0.717, 1.165) is 0 Å². The first-order valence-corrected chi connectivity index (χ1v) is 4.82. The molecule has 1 aliphatic heterocycles. The summed E-state index contributed by atoms with van der Waals surface area (Å²) in [6.07, 6.45) is 0.998. The Hall–Kier alpha value is -1.26. The summed E-state index contributed by atoms with van der Waals surface area (Å²) in [5.41, 5.74) is -0.691. The zero-order valence-electron chi connectivity index (χ0n) is 8.12. The van der Waals surface area contributed by atoms with Crippen molar-refractivity contribution in [2.45, 2.75) is 25.3 Å². The van der Waals surface area contributed by atoms with E-state index in [4.69, 9.17) is 9.47 Å². The van der Waals surface area contributed by atoms with Gasteiger partial charge in [-0.3, -0.25) is 4.90 Å². The molecule has 1 heterocycles. The van der Waals surface area contributed by atoms with Gasteiger partial charge in [0, 0.05) is 0 Å². The van der Waals surface area contributed by atoms with Gasteiger partial charge in [-0.2, -0.15) is 0 Å². The first-order chi connectivity index (χ1) is 6.70. The average molecular weight is 199 g/mol. The van der Waals surface area contributed by atoms with Crippen LogP contribution >= 0.6 is 0 Å². The molecule has 0 N–H and O–H groups in total. The van der Waals surface area contributed by atoms with E-state index in [1.54, 1.807) is 6.92 Å². The van der Waals surface area contributed by atoms with Crippen LogP contribution in [0.15, 0.2) is 0 Å². The molecule has 5 heteroatoms. The molecule has 0 aromatic carbocycles. The van der Waals surface area contributed by atoms with Crippen molar-refractivity contribution in [2.24, 2.45) is 0 Å². The van der Waals surface area contributed by atoms with Crippen molar-refractivity contribution in [1.82, 2.24) is 4.90 Å². The Labute approximate surface area is 82.0 Å². The third-order valence-corrected chi connectivity index (χ3v) is 2.66. The summed E-state index contributed by atoms with van der Waals surface area (Å²) in [5, 5.41) is 0. The van der Waals surface area contributed by atoms with Crippen molar-refractivity contribution in [3.63, 3.8) is 0 Å². The molecule has 1 aliphatic carbocycles. The number of amides is 1. The lowest BCUT2D eigenvalue weighted by Gasteiger charge is -2.22. The van der Waals surface area contributed by atoms with Crippen molar-refractivity contribution < 1.29 is 19.1 Å². The lowest BCUT2D eigenvalue weighted by atomic mass is 10.2. The van der Waals surface area contributed by atoms with E-state index in [9.17, 15) is 9.59 Å². The average Bonchev–Trinajstić information content (AvgIpc) is 2.85. The summed E-state index contributed by atoms with van der Waals surface area (Å²) in [7, 11) is 0. The van der Waals surface area contributed by atoms with Gasteiger partial charge in [-0.1, -0.05) is 0 Å². The highest BCUT2D eigenvalue weighted by Gasteiger charge is 2.59. The molecule has 0 radical (unpaired) electrons. The van der Waals surface area contributed by atoms with Crippen LogP contribution in [0, 0.1) is 0 Å². The Bertz CT molecular complexity index is 272. The highest BCUT2D eigenvalue weighted by atomic mass is 16.6. The zero-order chi connectivity index (χ0) is 10.2. The number of carbonyl (C=O) groups is 2. The van der Waals surface area contributed by atoms with Crippen molar-refractivity contribution in [2.75, 3.05) is 19.8 Å². The molecule has 2 aliphatic rings. The standard InChI is InChI=1S/C9H13NO4/c1-2-13-7(11)9(3-4-9)10-5-6-14-8(10)12/h2-6H2,1H3. The van der Waals surface area contributed by atoms with E-state index < -0.39 is 11.6 Å². The maximum absolute atomic E-state index is 11.6. The van der Waals surface area contributed by atoms with Gasteiger partial charge in [0.05, 0.1) is 13.2 Å². The molecule has 1 saturated carbocycles. The molecular weight excluding hydrogens is 186 g/mol. The second-order valence-electron chi connectivity index (χ2n) is 3.52. The predicted octanol–water partition coefficient (Wildman–Crippen LogP) is 0.534. The Kier molecular flexibility index (Phi) is 2.09. The van der Waals surface area contributed by atoms with E-state index >= 15 is 0 Å². The van der Waals surface area contributed by atoms with Crippen molar-refractivity contribution in [1.29, 1.82) is 0 Å². The molecule has 0 aromatic rings. The summed E-state index contributed by atoms with van der Waals surface area (Å²) in [5.74, 6) is -0.293. The first kappa shape index (κ1) is 9.30. The molecule has 0 aromatic heterocycles. The zero-order valence-corrected chi connectivity index (χ0v) is 8.12. The Morgan fingerprint density at radius 3 is 2.79 bits per heavy atom. The lowest BCUT2D eigenvalue weighted by molar-refractivity contribution is -0.150. The number of cyclic esters (lactones) is 1. The molecule has 2 rings (SSSR count). The van der Waals surface area contributed by atoms with Crippen molar-refractivity contribution in [3.8, 4) is 0 Å². The van der Waals surface area contributed by atoms with E-state index in [2.05, 4.69) is 0 Å². The minimum absolute atomic E-state index is 0.293. The minimum atomic E-state index is -0.691. The van der Waals surface area contributed by atoms with Crippen LogP contribution in [0.25, 0.3) is 0 Å². The van der Waals surface area contributed by atoms with Crippen molar-refractivity contribution in [3.05, 3.63) is 0 Å². The number of hydrogen-bond donors (Lipinski definition) is 0. The quantitative estimate of drug-likeness (QED) is 0.622. The van der Waals surface area contributed by atoms with Gasteiger partial charge in [0.25, 0.3) is 0 Å². The smallest absolute Gasteiger partial charge is 0.410 e. The van der Waals surface area contributed by atoms with Gasteiger partial charge in [-0.05, 0) is 19.8 Å². The van der Waals surface area contributed by atoms with E-state index in [1.165, 1.54) is 4.90 Å². The Morgan fingerprint density at radius 2 is 2.36 bits per heavy atom. The topological polar surface area (TPSA) is 55.8 Å². The van der Waals surface area contributed by atoms with Gasteiger partial charge in [0.2, 0.25) is 0 Å². The third kappa shape index (κ3) is 1.23. The summed E-state index contributed by atoms with van der Waals surface area (Å²) in [6.45, 7) is 2.98. The maximum Gasteiger partial charge on any atom is 0.410 e. The van der Waals surface area contributed by atoms with E-state index in [0.29, 0.717) is 32.6 Å². The highest BCUT2D eigenvalue weighted by molar-refractivity contribution is 5.89. The van der Waals surface area contributed by atoms with Gasteiger partial charge < -0.3 is 9.47 Å². The third-order valence-electron chi connectivity index (χ3n) is 2.66. The van der Waals surface area contributed by atoms with Gasteiger partial charge in [0.1, 0.15) is 12.1 Å². The van der Waals surface area contributed by atoms with Crippen LogP contribution in [0.3, 0.4) is 0 Å². The summed E-state index contributed by atoms with van der Waals surface area (Å²) < 4.78 is 9.74. The molecular formula is C9H13NO4. The summed E-state index contributed by atoms with van der Waals surface area (Å²) >= 11 is 0. The van der Waals surface area contributed by atoms with Crippen molar-refractivity contribution >= 4 is 12.1 Å². The van der Waals surface area contributed by atoms with Crippen LogP contribution in [0.4, 0.5) is 4.79 Å². The molecule has 0 unspecified atom stereocenters. The fourth-order valence-corrected chi connectivity index (χ4v) is 1.75.